The van der Waals surface area contributed by atoms with E-state index in [0.717, 1.165) is 5.56 Å². The van der Waals surface area contributed by atoms with Crippen molar-refractivity contribution in [2.75, 3.05) is 0 Å². The second-order valence-corrected chi connectivity index (χ2v) is 3.22. The molecule has 5 heteroatoms. The number of nitrogens with zero attached hydrogens (tertiary/aromatic N) is 4. The van der Waals surface area contributed by atoms with E-state index in [0.29, 0.717) is 5.69 Å². The van der Waals surface area contributed by atoms with Crippen LogP contribution in [0, 0.1) is 11.8 Å². The van der Waals surface area contributed by atoms with Crippen LogP contribution in [0.25, 0.3) is 5.69 Å². The molecular formula is C11H10N4O. The van der Waals surface area contributed by atoms with Crippen LogP contribution in [0.2, 0.25) is 0 Å². The molecule has 0 unspecified atom stereocenters. The second-order valence-electron chi connectivity index (χ2n) is 3.22. The van der Waals surface area contributed by atoms with Crippen molar-refractivity contribution in [2.24, 2.45) is 7.05 Å². The summed E-state index contributed by atoms with van der Waals surface area (Å²) >= 11 is 0. The first-order valence-corrected chi connectivity index (χ1v) is 4.74. The van der Waals surface area contributed by atoms with Gasteiger partial charge in [-0.3, -0.25) is 0 Å². The topological polar surface area (TPSA) is 52.7 Å². The molecule has 5 nitrogen and oxygen atoms in total. The maximum atomic E-state index is 11.6. The molecule has 0 radical (unpaired) electrons. The molecule has 0 aliphatic rings. The summed E-state index contributed by atoms with van der Waals surface area (Å²) in [5.41, 5.74) is 1.23. The van der Waals surface area contributed by atoms with Crippen LogP contribution in [0.4, 0.5) is 0 Å². The number of tetrazole rings is 1. The van der Waals surface area contributed by atoms with Gasteiger partial charge in [0, 0.05) is 12.6 Å². The lowest BCUT2D eigenvalue weighted by molar-refractivity contribution is 0.693. The molecule has 0 bridgehead atoms. The van der Waals surface area contributed by atoms with Crippen molar-refractivity contribution in [2.45, 2.75) is 6.92 Å². The SMILES string of the molecule is CC#Cc1cccc(-n2nnn(C)c2=O)c1. The van der Waals surface area contributed by atoms with E-state index in [9.17, 15) is 4.79 Å². The van der Waals surface area contributed by atoms with Crippen molar-refractivity contribution in [1.82, 2.24) is 19.8 Å². The van der Waals surface area contributed by atoms with Gasteiger partial charge in [0.2, 0.25) is 0 Å². The maximum Gasteiger partial charge on any atom is 0.368 e. The van der Waals surface area contributed by atoms with Crippen LogP contribution >= 0.6 is 0 Å². The Bertz CT molecular complexity index is 627. The van der Waals surface area contributed by atoms with Crippen LogP contribution in [-0.4, -0.2) is 19.8 Å². The molecule has 16 heavy (non-hydrogen) atoms. The third-order valence-corrected chi connectivity index (χ3v) is 2.08. The first-order valence-electron chi connectivity index (χ1n) is 4.74. The Kier molecular flexibility index (Phi) is 2.56. The van der Waals surface area contributed by atoms with E-state index in [-0.39, 0.29) is 5.69 Å². The second kappa shape index (κ2) is 4.03. The number of aromatic nitrogens is 4. The molecule has 0 saturated heterocycles. The van der Waals surface area contributed by atoms with Gasteiger partial charge in [-0.25, -0.2) is 4.79 Å². The average Bonchev–Trinajstić information content (AvgIpc) is 2.61. The molecule has 0 aliphatic carbocycles. The van der Waals surface area contributed by atoms with Gasteiger partial charge in [-0.15, -0.1) is 5.92 Å². The van der Waals surface area contributed by atoms with E-state index >= 15 is 0 Å². The van der Waals surface area contributed by atoms with Crippen molar-refractivity contribution >= 4 is 0 Å². The quantitative estimate of drug-likeness (QED) is 0.643. The van der Waals surface area contributed by atoms with Gasteiger partial charge in [0.15, 0.2) is 0 Å². The van der Waals surface area contributed by atoms with Gasteiger partial charge < -0.3 is 0 Å². The molecule has 1 aromatic carbocycles. The summed E-state index contributed by atoms with van der Waals surface area (Å²) in [4.78, 5) is 11.6. The molecule has 1 heterocycles. The Balaban J connectivity index is 2.55. The highest BCUT2D eigenvalue weighted by atomic mass is 16.2. The van der Waals surface area contributed by atoms with E-state index in [2.05, 4.69) is 22.3 Å². The van der Waals surface area contributed by atoms with Gasteiger partial charge in [0.25, 0.3) is 0 Å². The molecule has 80 valence electrons. The molecule has 2 rings (SSSR count). The van der Waals surface area contributed by atoms with E-state index in [1.54, 1.807) is 26.1 Å². The van der Waals surface area contributed by atoms with Crippen LogP contribution in [0.3, 0.4) is 0 Å². The first-order chi connectivity index (χ1) is 7.72. The highest BCUT2D eigenvalue weighted by molar-refractivity contribution is 5.42. The number of aryl methyl sites for hydroxylation is 1. The molecule has 0 N–H and O–H groups in total. The van der Waals surface area contributed by atoms with Crippen molar-refractivity contribution < 1.29 is 0 Å². The molecule has 0 atom stereocenters. The number of rotatable bonds is 1. The Labute approximate surface area is 92.3 Å². The number of benzene rings is 1. The Morgan fingerprint density at radius 1 is 1.31 bits per heavy atom. The van der Waals surface area contributed by atoms with E-state index in [4.69, 9.17) is 0 Å². The molecule has 0 amide bonds. The lowest BCUT2D eigenvalue weighted by atomic mass is 10.2. The largest absolute Gasteiger partial charge is 0.368 e. The minimum atomic E-state index is -0.276. The lowest BCUT2D eigenvalue weighted by Gasteiger charge is -1.98. The summed E-state index contributed by atoms with van der Waals surface area (Å²) in [7, 11) is 1.56. The standard InChI is InChI=1S/C11H10N4O/c1-3-5-9-6-4-7-10(8-9)15-11(16)14(2)12-13-15/h4,6-8H,1-2H3. The highest BCUT2D eigenvalue weighted by Crippen LogP contribution is 2.06. The monoisotopic (exact) mass is 214 g/mol. The maximum absolute atomic E-state index is 11.6. The van der Waals surface area contributed by atoms with E-state index in [1.165, 1.54) is 9.36 Å². The van der Waals surface area contributed by atoms with Crippen LogP contribution in [0.5, 0.6) is 0 Å². The summed E-state index contributed by atoms with van der Waals surface area (Å²) in [5.74, 6) is 5.73. The Hall–Kier alpha value is -2.35. The third kappa shape index (κ3) is 1.73. The van der Waals surface area contributed by atoms with Gasteiger partial charge in [0.1, 0.15) is 0 Å². The van der Waals surface area contributed by atoms with Crippen LogP contribution in [0.1, 0.15) is 12.5 Å². The zero-order chi connectivity index (χ0) is 11.5. The van der Waals surface area contributed by atoms with Gasteiger partial charge >= 0.3 is 5.69 Å². The van der Waals surface area contributed by atoms with E-state index < -0.39 is 0 Å². The minimum Gasteiger partial charge on any atom is -0.244 e. The highest BCUT2D eigenvalue weighted by Gasteiger charge is 2.05. The molecular weight excluding hydrogens is 204 g/mol. The minimum absolute atomic E-state index is 0.276. The lowest BCUT2D eigenvalue weighted by Crippen LogP contribution is -2.21. The fourth-order valence-electron chi connectivity index (χ4n) is 1.34. The molecule has 0 saturated carbocycles. The molecule has 1 aromatic heterocycles. The van der Waals surface area contributed by atoms with Crippen LogP contribution in [-0.2, 0) is 7.05 Å². The zero-order valence-electron chi connectivity index (χ0n) is 9.01. The number of hydrogen-bond donors (Lipinski definition) is 0. The number of hydrogen-bond acceptors (Lipinski definition) is 3. The van der Waals surface area contributed by atoms with Crippen molar-refractivity contribution in [3.8, 4) is 17.5 Å². The summed E-state index contributed by atoms with van der Waals surface area (Å²) < 4.78 is 2.42. The Morgan fingerprint density at radius 2 is 2.12 bits per heavy atom. The molecule has 0 aliphatic heterocycles. The van der Waals surface area contributed by atoms with Gasteiger partial charge in [0.05, 0.1) is 5.69 Å². The van der Waals surface area contributed by atoms with Crippen molar-refractivity contribution in [3.63, 3.8) is 0 Å². The van der Waals surface area contributed by atoms with E-state index in [1.807, 2.05) is 12.1 Å². The predicted molar refractivity (Wildman–Crippen MR) is 59.2 cm³/mol. The molecule has 0 fully saturated rings. The summed E-state index contributed by atoms with van der Waals surface area (Å²) in [6.45, 7) is 1.77. The van der Waals surface area contributed by atoms with Crippen molar-refractivity contribution in [1.29, 1.82) is 0 Å². The fraction of sp³-hybridized carbons (Fsp3) is 0.182. The molecule has 0 spiro atoms. The summed E-state index contributed by atoms with van der Waals surface area (Å²) in [6, 6.07) is 7.29. The van der Waals surface area contributed by atoms with Crippen molar-refractivity contribution in [3.05, 3.63) is 40.3 Å². The van der Waals surface area contributed by atoms with Gasteiger partial charge in [-0.1, -0.05) is 12.0 Å². The fourth-order valence-corrected chi connectivity index (χ4v) is 1.34. The Morgan fingerprint density at radius 3 is 2.75 bits per heavy atom. The van der Waals surface area contributed by atoms with Crippen LogP contribution < -0.4 is 5.69 Å². The summed E-state index contributed by atoms with van der Waals surface area (Å²) in [5, 5.41) is 7.41. The first kappa shape index (κ1) is 10.2. The smallest absolute Gasteiger partial charge is 0.244 e. The van der Waals surface area contributed by atoms with Crippen LogP contribution in [0.15, 0.2) is 29.1 Å². The average molecular weight is 214 g/mol. The van der Waals surface area contributed by atoms with Gasteiger partial charge in [-0.05, 0) is 35.5 Å². The normalized spacial score (nSPS) is 9.62. The zero-order valence-corrected chi connectivity index (χ0v) is 9.01. The predicted octanol–water partition coefficient (Wildman–Crippen LogP) is 0.337. The van der Waals surface area contributed by atoms with Gasteiger partial charge in [-0.2, -0.15) is 9.36 Å². The third-order valence-electron chi connectivity index (χ3n) is 2.08. The molecule has 2 aromatic rings. The summed E-state index contributed by atoms with van der Waals surface area (Å²) in [6.07, 6.45) is 0.